The minimum atomic E-state index is -0.382. The molecular formula is C14H23NO. The molecule has 0 spiro atoms. The molecule has 1 atom stereocenters. The molecule has 0 heterocycles. The summed E-state index contributed by atoms with van der Waals surface area (Å²) in [4.78, 5) is 2.38. The van der Waals surface area contributed by atoms with E-state index < -0.39 is 0 Å². The molecule has 1 rings (SSSR count). The zero-order valence-corrected chi connectivity index (χ0v) is 10.8. The Morgan fingerprint density at radius 3 is 2.06 bits per heavy atom. The van der Waals surface area contributed by atoms with Gasteiger partial charge < -0.3 is 10.0 Å². The lowest BCUT2D eigenvalue weighted by atomic mass is 10.1. The van der Waals surface area contributed by atoms with Gasteiger partial charge in [-0.3, -0.25) is 0 Å². The fourth-order valence-corrected chi connectivity index (χ4v) is 1.87. The minimum Gasteiger partial charge on any atom is -0.389 e. The molecule has 2 heteroatoms. The Balaban J connectivity index is 2.85. The molecule has 0 aliphatic heterocycles. The van der Waals surface area contributed by atoms with Crippen LogP contribution in [-0.4, -0.2) is 17.7 Å². The third kappa shape index (κ3) is 3.24. The van der Waals surface area contributed by atoms with E-state index in [9.17, 15) is 5.11 Å². The van der Waals surface area contributed by atoms with E-state index in [2.05, 4.69) is 37.8 Å². The van der Waals surface area contributed by atoms with Crippen molar-refractivity contribution in [3.8, 4) is 0 Å². The first-order valence-electron chi connectivity index (χ1n) is 6.11. The van der Waals surface area contributed by atoms with Crippen LogP contribution >= 0.6 is 0 Å². The molecule has 0 saturated carbocycles. The standard InChI is InChI=1S/C14H23NO/c1-5-10-15(11(2)3)14-8-6-13(7-9-14)12(4)16/h6-9,11-12,16H,5,10H2,1-4H3. The molecule has 90 valence electrons. The van der Waals surface area contributed by atoms with Crippen LogP contribution in [0.2, 0.25) is 0 Å². The first-order valence-corrected chi connectivity index (χ1v) is 6.11. The number of benzene rings is 1. The van der Waals surface area contributed by atoms with Crippen LogP contribution in [-0.2, 0) is 0 Å². The number of aliphatic hydroxyl groups excluding tert-OH is 1. The van der Waals surface area contributed by atoms with Crippen LogP contribution in [0.3, 0.4) is 0 Å². The van der Waals surface area contributed by atoms with E-state index in [-0.39, 0.29) is 6.10 Å². The topological polar surface area (TPSA) is 23.5 Å². The molecule has 0 bridgehead atoms. The van der Waals surface area contributed by atoms with Gasteiger partial charge in [-0.2, -0.15) is 0 Å². The van der Waals surface area contributed by atoms with Gasteiger partial charge in [-0.25, -0.2) is 0 Å². The zero-order chi connectivity index (χ0) is 12.1. The maximum Gasteiger partial charge on any atom is 0.0761 e. The minimum absolute atomic E-state index is 0.382. The van der Waals surface area contributed by atoms with E-state index in [0.717, 1.165) is 18.5 Å². The van der Waals surface area contributed by atoms with Gasteiger partial charge in [0.2, 0.25) is 0 Å². The molecule has 0 aromatic heterocycles. The SMILES string of the molecule is CCCN(c1ccc(C(C)O)cc1)C(C)C. The predicted molar refractivity (Wildman–Crippen MR) is 69.8 cm³/mol. The second-order valence-corrected chi connectivity index (χ2v) is 4.55. The highest BCUT2D eigenvalue weighted by Crippen LogP contribution is 2.21. The van der Waals surface area contributed by atoms with Gasteiger partial charge in [0.15, 0.2) is 0 Å². The summed E-state index contributed by atoms with van der Waals surface area (Å²) < 4.78 is 0. The zero-order valence-electron chi connectivity index (χ0n) is 10.8. The monoisotopic (exact) mass is 221 g/mol. The van der Waals surface area contributed by atoms with Gasteiger partial charge in [-0.05, 0) is 44.9 Å². The second kappa shape index (κ2) is 5.90. The van der Waals surface area contributed by atoms with E-state index in [0.29, 0.717) is 6.04 Å². The number of nitrogens with zero attached hydrogens (tertiary/aromatic N) is 1. The summed E-state index contributed by atoms with van der Waals surface area (Å²) in [5.74, 6) is 0. The van der Waals surface area contributed by atoms with E-state index in [4.69, 9.17) is 0 Å². The van der Waals surface area contributed by atoms with Crippen molar-refractivity contribution < 1.29 is 5.11 Å². The normalized spacial score (nSPS) is 12.9. The number of anilines is 1. The molecule has 0 saturated heterocycles. The summed E-state index contributed by atoms with van der Waals surface area (Å²) in [6.07, 6.45) is 0.767. The van der Waals surface area contributed by atoms with Gasteiger partial charge in [-0.15, -0.1) is 0 Å². The molecule has 0 aliphatic carbocycles. The fourth-order valence-electron chi connectivity index (χ4n) is 1.87. The fraction of sp³-hybridized carbons (Fsp3) is 0.571. The first kappa shape index (κ1) is 13.0. The van der Waals surface area contributed by atoms with Crippen LogP contribution < -0.4 is 4.90 Å². The molecule has 1 aromatic rings. The van der Waals surface area contributed by atoms with Crippen LogP contribution in [0.1, 0.15) is 45.8 Å². The van der Waals surface area contributed by atoms with Crippen molar-refractivity contribution in [3.05, 3.63) is 29.8 Å². The third-order valence-corrected chi connectivity index (χ3v) is 2.79. The molecule has 0 aliphatic rings. The maximum absolute atomic E-state index is 9.45. The maximum atomic E-state index is 9.45. The lowest BCUT2D eigenvalue weighted by Gasteiger charge is -2.28. The molecule has 0 amide bonds. The summed E-state index contributed by atoms with van der Waals surface area (Å²) >= 11 is 0. The second-order valence-electron chi connectivity index (χ2n) is 4.55. The van der Waals surface area contributed by atoms with Gasteiger partial charge in [0.1, 0.15) is 0 Å². The molecule has 0 radical (unpaired) electrons. The van der Waals surface area contributed by atoms with Crippen LogP contribution in [0.4, 0.5) is 5.69 Å². The molecule has 0 fully saturated rings. The molecule has 16 heavy (non-hydrogen) atoms. The lowest BCUT2D eigenvalue weighted by Crippen LogP contribution is -2.31. The quantitative estimate of drug-likeness (QED) is 0.824. The predicted octanol–water partition coefficient (Wildman–Crippen LogP) is 3.36. The van der Waals surface area contributed by atoms with Gasteiger partial charge in [0, 0.05) is 18.3 Å². The van der Waals surface area contributed by atoms with Gasteiger partial charge in [-0.1, -0.05) is 19.1 Å². The van der Waals surface area contributed by atoms with Crippen LogP contribution in [0.15, 0.2) is 24.3 Å². The first-order chi connectivity index (χ1) is 7.56. The lowest BCUT2D eigenvalue weighted by molar-refractivity contribution is 0.199. The summed E-state index contributed by atoms with van der Waals surface area (Å²) in [6, 6.07) is 8.71. The van der Waals surface area contributed by atoms with E-state index >= 15 is 0 Å². The Morgan fingerprint density at radius 2 is 1.69 bits per heavy atom. The Labute approximate surface area is 98.9 Å². The largest absolute Gasteiger partial charge is 0.389 e. The van der Waals surface area contributed by atoms with Crippen molar-refractivity contribution in [1.29, 1.82) is 0 Å². The average molecular weight is 221 g/mol. The van der Waals surface area contributed by atoms with Crippen LogP contribution in [0.5, 0.6) is 0 Å². The van der Waals surface area contributed by atoms with Crippen molar-refractivity contribution >= 4 is 5.69 Å². The summed E-state index contributed by atoms with van der Waals surface area (Å²) in [5, 5.41) is 9.45. The highest BCUT2D eigenvalue weighted by Gasteiger charge is 2.09. The van der Waals surface area contributed by atoms with E-state index in [1.807, 2.05) is 12.1 Å². The summed E-state index contributed by atoms with van der Waals surface area (Å²) in [6.45, 7) is 9.48. The van der Waals surface area contributed by atoms with Crippen molar-refractivity contribution in [2.75, 3.05) is 11.4 Å². The van der Waals surface area contributed by atoms with Gasteiger partial charge in [0.25, 0.3) is 0 Å². The average Bonchev–Trinajstić information content (AvgIpc) is 2.25. The Kier molecular flexibility index (Phi) is 4.81. The summed E-state index contributed by atoms with van der Waals surface area (Å²) in [7, 11) is 0. The van der Waals surface area contributed by atoms with Crippen molar-refractivity contribution in [3.63, 3.8) is 0 Å². The molecule has 2 nitrogen and oxygen atoms in total. The molecule has 1 aromatic carbocycles. The van der Waals surface area contributed by atoms with Crippen molar-refractivity contribution in [2.24, 2.45) is 0 Å². The third-order valence-electron chi connectivity index (χ3n) is 2.79. The number of hydrogen-bond donors (Lipinski definition) is 1. The van der Waals surface area contributed by atoms with Gasteiger partial charge >= 0.3 is 0 Å². The van der Waals surface area contributed by atoms with Crippen LogP contribution in [0.25, 0.3) is 0 Å². The van der Waals surface area contributed by atoms with Gasteiger partial charge in [0.05, 0.1) is 6.10 Å². The Bertz CT molecular complexity index is 303. The van der Waals surface area contributed by atoms with E-state index in [1.165, 1.54) is 5.69 Å². The Hall–Kier alpha value is -1.02. The van der Waals surface area contributed by atoms with Crippen molar-refractivity contribution in [2.45, 2.75) is 46.3 Å². The highest BCUT2D eigenvalue weighted by atomic mass is 16.3. The molecule has 1 N–H and O–H groups in total. The number of rotatable bonds is 5. The highest BCUT2D eigenvalue weighted by molar-refractivity contribution is 5.48. The Morgan fingerprint density at radius 1 is 1.12 bits per heavy atom. The van der Waals surface area contributed by atoms with E-state index in [1.54, 1.807) is 6.92 Å². The molecule has 1 unspecified atom stereocenters. The number of aliphatic hydroxyl groups is 1. The van der Waals surface area contributed by atoms with Crippen molar-refractivity contribution in [1.82, 2.24) is 0 Å². The van der Waals surface area contributed by atoms with Crippen LogP contribution in [0, 0.1) is 0 Å². The summed E-state index contributed by atoms with van der Waals surface area (Å²) in [5.41, 5.74) is 2.21. The molecular weight excluding hydrogens is 198 g/mol. The number of hydrogen-bond acceptors (Lipinski definition) is 2. The smallest absolute Gasteiger partial charge is 0.0761 e.